The highest BCUT2D eigenvalue weighted by Crippen LogP contribution is 2.11. The summed E-state index contributed by atoms with van der Waals surface area (Å²) in [5, 5.41) is 0. The van der Waals surface area contributed by atoms with Gasteiger partial charge in [0.15, 0.2) is 0 Å². The van der Waals surface area contributed by atoms with Crippen LogP contribution in [0, 0.1) is 0 Å². The lowest BCUT2D eigenvalue weighted by atomic mass is 10.1. The summed E-state index contributed by atoms with van der Waals surface area (Å²) in [5.74, 6) is -0.0326. The Morgan fingerprint density at radius 1 is 1.12 bits per heavy atom. The molecule has 16 heavy (non-hydrogen) atoms. The second-order valence-electron chi connectivity index (χ2n) is 4.20. The summed E-state index contributed by atoms with van der Waals surface area (Å²) in [6, 6.07) is 0. The molecule has 1 unspecified atom stereocenters. The van der Waals surface area contributed by atoms with Crippen LogP contribution in [0.2, 0.25) is 0 Å². The highest BCUT2D eigenvalue weighted by molar-refractivity contribution is 14.1. The van der Waals surface area contributed by atoms with E-state index in [0.717, 1.165) is 12.8 Å². The van der Waals surface area contributed by atoms with Gasteiger partial charge >= 0.3 is 5.97 Å². The van der Waals surface area contributed by atoms with Gasteiger partial charge in [-0.2, -0.15) is 0 Å². The van der Waals surface area contributed by atoms with Crippen LogP contribution in [-0.2, 0) is 9.53 Å². The van der Waals surface area contributed by atoms with Gasteiger partial charge in [-0.25, -0.2) is 0 Å². The van der Waals surface area contributed by atoms with E-state index >= 15 is 0 Å². The highest BCUT2D eigenvalue weighted by atomic mass is 127. The lowest BCUT2D eigenvalue weighted by Gasteiger charge is -2.07. The van der Waals surface area contributed by atoms with Gasteiger partial charge in [0.25, 0.3) is 0 Å². The molecule has 0 rings (SSSR count). The monoisotopic (exact) mass is 340 g/mol. The first-order valence-corrected chi connectivity index (χ1v) is 7.75. The van der Waals surface area contributed by atoms with Gasteiger partial charge in [-0.05, 0) is 12.8 Å². The van der Waals surface area contributed by atoms with Gasteiger partial charge in [-0.3, -0.25) is 4.79 Å². The topological polar surface area (TPSA) is 26.3 Å². The number of hydrogen-bond acceptors (Lipinski definition) is 2. The molecule has 0 fully saturated rings. The van der Waals surface area contributed by atoms with Crippen LogP contribution >= 0.6 is 22.6 Å². The Balaban J connectivity index is 3.21. The van der Waals surface area contributed by atoms with Crippen molar-refractivity contribution in [3.05, 3.63) is 0 Å². The molecule has 0 heterocycles. The first-order chi connectivity index (χ1) is 7.70. The van der Waals surface area contributed by atoms with E-state index in [4.69, 9.17) is 4.74 Å². The van der Waals surface area contributed by atoms with Crippen molar-refractivity contribution >= 4 is 28.6 Å². The number of unbranched alkanes of at least 4 members (excludes halogenated alkanes) is 5. The lowest BCUT2D eigenvalue weighted by molar-refractivity contribution is -0.143. The fraction of sp³-hybridized carbons (Fsp3) is 0.923. The predicted molar refractivity (Wildman–Crippen MR) is 77.1 cm³/mol. The fourth-order valence-electron chi connectivity index (χ4n) is 1.45. The minimum absolute atomic E-state index is 0.0326. The van der Waals surface area contributed by atoms with Crippen LogP contribution in [0.15, 0.2) is 0 Å². The van der Waals surface area contributed by atoms with Crippen LogP contribution in [0.25, 0.3) is 0 Å². The standard InChI is InChI=1S/C13H25IO2/c1-3-5-6-7-8-9-10-16-13(15)11-12(14)4-2/h12H,3-11H2,1-2H3. The normalized spacial score (nSPS) is 12.4. The molecule has 0 N–H and O–H groups in total. The van der Waals surface area contributed by atoms with Crippen molar-refractivity contribution in [2.24, 2.45) is 0 Å². The van der Waals surface area contributed by atoms with Gasteiger partial charge in [0, 0.05) is 3.92 Å². The smallest absolute Gasteiger partial charge is 0.306 e. The van der Waals surface area contributed by atoms with Gasteiger partial charge in [0.05, 0.1) is 13.0 Å². The zero-order valence-corrected chi connectivity index (χ0v) is 12.8. The van der Waals surface area contributed by atoms with Crippen LogP contribution in [0.3, 0.4) is 0 Å². The molecule has 3 heteroatoms. The Morgan fingerprint density at radius 3 is 2.38 bits per heavy atom. The number of alkyl halides is 1. The van der Waals surface area contributed by atoms with E-state index in [1.54, 1.807) is 0 Å². The maximum atomic E-state index is 11.3. The third-order valence-electron chi connectivity index (χ3n) is 2.59. The highest BCUT2D eigenvalue weighted by Gasteiger charge is 2.09. The van der Waals surface area contributed by atoms with Gasteiger partial charge in [0.2, 0.25) is 0 Å². The van der Waals surface area contributed by atoms with E-state index < -0.39 is 0 Å². The van der Waals surface area contributed by atoms with Crippen LogP contribution < -0.4 is 0 Å². The van der Waals surface area contributed by atoms with Crippen molar-refractivity contribution < 1.29 is 9.53 Å². The van der Waals surface area contributed by atoms with Gasteiger partial charge in [-0.15, -0.1) is 0 Å². The summed E-state index contributed by atoms with van der Waals surface area (Å²) >= 11 is 2.30. The molecule has 0 bridgehead atoms. The second kappa shape index (κ2) is 11.7. The van der Waals surface area contributed by atoms with E-state index in [1.165, 1.54) is 32.1 Å². The summed E-state index contributed by atoms with van der Waals surface area (Å²) in [7, 11) is 0. The number of carbonyl (C=O) groups excluding carboxylic acids is 1. The summed E-state index contributed by atoms with van der Waals surface area (Å²) in [5.41, 5.74) is 0. The number of esters is 1. The van der Waals surface area contributed by atoms with Crippen molar-refractivity contribution in [1.29, 1.82) is 0 Å². The SMILES string of the molecule is CCCCCCCCOC(=O)CC(I)CC. The van der Waals surface area contributed by atoms with E-state index in [0.29, 0.717) is 17.0 Å². The number of halogens is 1. The van der Waals surface area contributed by atoms with Crippen LogP contribution in [0.5, 0.6) is 0 Å². The largest absolute Gasteiger partial charge is 0.466 e. The molecule has 1 atom stereocenters. The summed E-state index contributed by atoms with van der Waals surface area (Å²) < 4.78 is 5.60. The molecule has 0 aliphatic heterocycles. The van der Waals surface area contributed by atoms with Crippen LogP contribution in [0.1, 0.15) is 65.2 Å². The number of ether oxygens (including phenoxy) is 1. The Labute approximate surface area is 114 Å². The van der Waals surface area contributed by atoms with Crippen molar-refractivity contribution in [1.82, 2.24) is 0 Å². The Morgan fingerprint density at radius 2 is 1.75 bits per heavy atom. The second-order valence-corrected chi connectivity index (χ2v) is 5.96. The maximum absolute atomic E-state index is 11.3. The summed E-state index contributed by atoms with van der Waals surface area (Å²) in [6.45, 7) is 4.92. The van der Waals surface area contributed by atoms with Crippen LogP contribution in [0.4, 0.5) is 0 Å². The number of rotatable bonds is 10. The molecule has 0 amide bonds. The van der Waals surface area contributed by atoms with Crippen LogP contribution in [-0.4, -0.2) is 16.5 Å². The first-order valence-electron chi connectivity index (χ1n) is 6.50. The number of carbonyl (C=O) groups is 1. The zero-order valence-electron chi connectivity index (χ0n) is 10.6. The average Bonchev–Trinajstić information content (AvgIpc) is 2.27. The van der Waals surface area contributed by atoms with Gasteiger partial charge in [0.1, 0.15) is 0 Å². The van der Waals surface area contributed by atoms with Crippen molar-refractivity contribution in [2.45, 2.75) is 69.1 Å². The van der Waals surface area contributed by atoms with E-state index in [9.17, 15) is 4.79 Å². The quantitative estimate of drug-likeness (QED) is 0.253. The lowest BCUT2D eigenvalue weighted by Crippen LogP contribution is -2.11. The molecule has 0 saturated carbocycles. The first kappa shape index (κ1) is 16.2. The van der Waals surface area contributed by atoms with Crippen molar-refractivity contribution in [3.63, 3.8) is 0 Å². The van der Waals surface area contributed by atoms with Crippen molar-refractivity contribution in [3.8, 4) is 0 Å². The summed E-state index contributed by atoms with van der Waals surface area (Å²) in [6.07, 6.45) is 9.00. The molecule has 0 saturated heterocycles. The molecule has 0 aromatic carbocycles. The summed E-state index contributed by atoms with van der Waals surface area (Å²) in [4.78, 5) is 11.3. The third-order valence-corrected chi connectivity index (χ3v) is 3.91. The molecule has 2 nitrogen and oxygen atoms in total. The average molecular weight is 340 g/mol. The van der Waals surface area contributed by atoms with Gasteiger partial charge in [-0.1, -0.05) is 68.5 Å². The maximum Gasteiger partial charge on any atom is 0.306 e. The fourth-order valence-corrected chi connectivity index (χ4v) is 1.81. The Hall–Kier alpha value is 0.200. The number of hydrogen-bond donors (Lipinski definition) is 0. The molecule has 0 aromatic rings. The Bertz CT molecular complexity index is 171. The molecular formula is C13H25IO2. The molecule has 0 radical (unpaired) electrons. The Kier molecular flexibility index (Phi) is 11.8. The van der Waals surface area contributed by atoms with E-state index in [1.807, 2.05) is 0 Å². The van der Waals surface area contributed by atoms with Crippen molar-refractivity contribution in [2.75, 3.05) is 6.61 Å². The molecule has 0 aliphatic rings. The van der Waals surface area contributed by atoms with Gasteiger partial charge < -0.3 is 4.74 Å². The molecule has 0 aliphatic carbocycles. The predicted octanol–water partition coefficient (Wildman–Crippen LogP) is 4.49. The van der Waals surface area contributed by atoms with E-state index in [-0.39, 0.29) is 5.97 Å². The molecule has 96 valence electrons. The van der Waals surface area contributed by atoms with E-state index in [2.05, 4.69) is 36.4 Å². The third kappa shape index (κ3) is 10.7. The minimum Gasteiger partial charge on any atom is -0.466 e. The molecule has 0 spiro atoms. The molecular weight excluding hydrogens is 315 g/mol. The molecule has 0 aromatic heterocycles. The zero-order chi connectivity index (χ0) is 12.2. The minimum atomic E-state index is -0.0326.